The van der Waals surface area contributed by atoms with Gasteiger partial charge in [0, 0.05) is 10.0 Å². The maximum atomic E-state index is 13.1. The van der Waals surface area contributed by atoms with Crippen molar-refractivity contribution in [3.05, 3.63) is 81.0 Å². The molecular weight excluding hydrogens is 488 g/mol. The van der Waals surface area contributed by atoms with Crippen LogP contribution in [0.25, 0.3) is 17.4 Å². The molecule has 3 aromatic rings. The second-order valence-corrected chi connectivity index (χ2v) is 8.22. The van der Waals surface area contributed by atoms with Crippen molar-refractivity contribution >= 4 is 68.4 Å². The van der Waals surface area contributed by atoms with E-state index in [0.29, 0.717) is 22.2 Å². The summed E-state index contributed by atoms with van der Waals surface area (Å²) >= 11 is 14.7. The first-order valence-corrected chi connectivity index (χ1v) is 10.5. The van der Waals surface area contributed by atoms with Gasteiger partial charge in [0.15, 0.2) is 5.11 Å². The highest BCUT2D eigenvalue weighted by Gasteiger charge is 2.35. The van der Waals surface area contributed by atoms with Crippen molar-refractivity contribution in [3.8, 4) is 11.3 Å². The van der Waals surface area contributed by atoms with Crippen molar-refractivity contribution in [1.29, 1.82) is 0 Å². The van der Waals surface area contributed by atoms with Gasteiger partial charge in [-0.2, -0.15) is 0 Å². The highest BCUT2D eigenvalue weighted by Crippen LogP contribution is 2.31. The fourth-order valence-corrected chi connectivity index (χ4v) is 3.77. The van der Waals surface area contributed by atoms with Crippen LogP contribution < -0.4 is 10.2 Å². The van der Waals surface area contributed by atoms with Gasteiger partial charge in [0.05, 0.1) is 10.7 Å². The van der Waals surface area contributed by atoms with Gasteiger partial charge in [-0.15, -0.1) is 0 Å². The van der Waals surface area contributed by atoms with Gasteiger partial charge in [-0.1, -0.05) is 35.9 Å². The molecule has 0 unspecified atom stereocenters. The number of nitrogens with zero attached hydrogens (tertiary/aromatic N) is 1. The Morgan fingerprint density at radius 1 is 1.13 bits per heavy atom. The zero-order chi connectivity index (χ0) is 21.4. The number of nitrogens with one attached hydrogen (secondary N) is 1. The van der Waals surface area contributed by atoms with Crippen molar-refractivity contribution in [2.24, 2.45) is 0 Å². The summed E-state index contributed by atoms with van der Waals surface area (Å²) < 4.78 is 6.60. The minimum absolute atomic E-state index is 0.0427. The Hall–Kier alpha value is -2.74. The molecule has 1 N–H and O–H groups in total. The summed E-state index contributed by atoms with van der Waals surface area (Å²) in [7, 11) is 0. The van der Waals surface area contributed by atoms with Crippen LogP contribution in [0, 0.1) is 6.92 Å². The quantitative estimate of drug-likeness (QED) is 0.292. The molecule has 0 bridgehead atoms. The number of hydrogen-bond acceptors (Lipinski definition) is 4. The monoisotopic (exact) mass is 500 g/mol. The molecule has 0 radical (unpaired) electrons. The lowest BCUT2D eigenvalue weighted by atomic mass is 10.1. The van der Waals surface area contributed by atoms with E-state index in [1.165, 1.54) is 11.0 Å². The average Bonchev–Trinajstić information content (AvgIpc) is 3.17. The second kappa shape index (κ2) is 8.18. The Bertz CT molecular complexity index is 1230. The van der Waals surface area contributed by atoms with Gasteiger partial charge < -0.3 is 4.42 Å². The van der Waals surface area contributed by atoms with E-state index in [9.17, 15) is 9.59 Å². The van der Waals surface area contributed by atoms with E-state index in [-0.39, 0.29) is 10.7 Å². The van der Waals surface area contributed by atoms with E-state index >= 15 is 0 Å². The lowest BCUT2D eigenvalue weighted by molar-refractivity contribution is -0.122. The summed E-state index contributed by atoms with van der Waals surface area (Å²) in [4.78, 5) is 26.9. The molecule has 5 nitrogen and oxygen atoms in total. The van der Waals surface area contributed by atoms with Crippen molar-refractivity contribution in [1.82, 2.24) is 5.32 Å². The smallest absolute Gasteiger partial charge is 0.270 e. The van der Waals surface area contributed by atoms with Gasteiger partial charge >= 0.3 is 0 Å². The number of amides is 2. The highest BCUT2D eigenvalue weighted by molar-refractivity contribution is 9.10. The summed E-state index contributed by atoms with van der Waals surface area (Å²) in [5.74, 6) is -0.159. The number of carbonyl (C=O) groups excluding carboxylic acids is 2. The molecule has 0 aliphatic carbocycles. The molecule has 4 rings (SSSR count). The van der Waals surface area contributed by atoms with Crippen LogP contribution in [0.4, 0.5) is 5.69 Å². The Labute approximate surface area is 191 Å². The molecule has 30 heavy (non-hydrogen) atoms. The molecule has 2 amide bonds. The summed E-state index contributed by atoms with van der Waals surface area (Å²) in [5, 5.41) is 3.16. The molecule has 2 aromatic carbocycles. The first-order chi connectivity index (χ1) is 14.3. The van der Waals surface area contributed by atoms with Crippen LogP contribution in [0.2, 0.25) is 5.02 Å². The molecule has 2 heterocycles. The summed E-state index contributed by atoms with van der Waals surface area (Å²) in [5.41, 5.74) is 2.18. The van der Waals surface area contributed by atoms with Gasteiger partial charge in [0.25, 0.3) is 11.8 Å². The van der Waals surface area contributed by atoms with Crippen molar-refractivity contribution < 1.29 is 14.0 Å². The van der Waals surface area contributed by atoms with Crippen LogP contribution >= 0.6 is 39.7 Å². The van der Waals surface area contributed by atoms with E-state index in [4.69, 9.17) is 28.2 Å². The molecule has 1 fully saturated rings. The number of furan rings is 1. The van der Waals surface area contributed by atoms with Crippen molar-refractivity contribution in [2.75, 3.05) is 4.90 Å². The molecule has 0 spiro atoms. The van der Waals surface area contributed by atoms with E-state index < -0.39 is 11.8 Å². The van der Waals surface area contributed by atoms with Crippen LogP contribution in [0.1, 0.15) is 11.3 Å². The molecule has 1 aliphatic rings. The van der Waals surface area contributed by atoms with Crippen molar-refractivity contribution in [2.45, 2.75) is 6.92 Å². The molecule has 150 valence electrons. The third kappa shape index (κ3) is 3.84. The Morgan fingerprint density at radius 3 is 2.63 bits per heavy atom. The summed E-state index contributed by atoms with van der Waals surface area (Å²) in [6.45, 7) is 1.87. The first kappa shape index (κ1) is 20.5. The number of carbonyl (C=O) groups is 2. The average molecular weight is 502 g/mol. The number of halogens is 2. The minimum atomic E-state index is -0.570. The minimum Gasteiger partial charge on any atom is -0.457 e. The maximum Gasteiger partial charge on any atom is 0.270 e. The lowest BCUT2D eigenvalue weighted by Gasteiger charge is -2.29. The number of aryl methyl sites for hydroxylation is 1. The predicted octanol–water partition coefficient (Wildman–Crippen LogP) is 5.50. The van der Waals surface area contributed by atoms with Gasteiger partial charge in [0.2, 0.25) is 0 Å². The number of anilines is 1. The number of thiocarbonyl (C=S) groups is 1. The normalized spacial score (nSPS) is 15.6. The molecule has 1 aliphatic heterocycles. The number of rotatable bonds is 3. The van der Waals surface area contributed by atoms with E-state index in [1.54, 1.807) is 30.3 Å². The van der Waals surface area contributed by atoms with Gasteiger partial charge in [-0.25, -0.2) is 0 Å². The molecule has 8 heteroatoms. The SMILES string of the molecule is Cc1ccccc1N1C(=O)/C(=C/c2ccc(-c3ccc(Br)c(Cl)c3)o2)C(=O)NC1=S. The van der Waals surface area contributed by atoms with Gasteiger partial charge in [0.1, 0.15) is 17.1 Å². The van der Waals surface area contributed by atoms with Gasteiger partial charge in [-0.3, -0.25) is 19.8 Å². The van der Waals surface area contributed by atoms with E-state index in [2.05, 4.69) is 21.2 Å². The Kier molecular flexibility index (Phi) is 5.60. The standard InChI is InChI=1S/C22H14BrClN2O3S/c1-12-4-2-3-5-18(12)26-21(28)15(20(27)25-22(26)30)11-14-7-9-19(29-14)13-6-8-16(23)17(24)10-13/h2-11H,1H3,(H,25,27,30)/b15-11+. The number of hydrogen-bond donors (Lipinski definition) is 1. The van der Waals surface area contributed by atoms with Crippen LogP contribution in [-0.4, -0.2) is 16.9 Å². The second-order valence-electron chi connectivity index (χ2n) is 6.58. The zero-order valence-corrected chi connectivity index (χ0v) is 18.8. The lowest BCUT2D eigenvalue weighted by Crippen LogP contribution is -2.54. The summed E-state index contributed by atoms with van der Waals surface area (Å²) in [6, 6.07) is 16.2. The molecule has 1 aromatic heterocycles. The third-order valence-electron chi connectivity index (χ3n) is 4.58. The Balaban J connectivity index is 1.69. The van der Waals surface area contributed by atoms with Crippen LogP contribution in [-0.2, 0) is 9.59 Å². The van der Waals surface area contributed by atoms with E-state index in [1.807, 2.05) is 31.2 Å². The predicted molar refractivity (Wildman–Crippen MR) is 124 cm³/mol. The highest BCUT2D eigenvalue weighted by atomic mass is 79.9. The Morgan fingerprint density at radius 2 is 1.90 bits per heavy atom. The number of benzene rings is 2. The first-order valence-electron chi connectivity index (χ1n) is 8.87. The largest absolute Gasteiger partial charge is 0.457 e. The molecular formula is C22H14BrClN2O3S. The fourth-order valence-electron chi connectivity index (χ4n) is 3.07. The van der Waals surface area contributed by atoms with Crippen LogP contribution in [0.15, 0.2) is 69.1 Å². The topological polar surface area (TPSA) is 62.6 Å². The van der Waals surface area contributed by atoms with Crippen LogP contribution in [0.3, 0.4) is 0 Å². The zero-order valence-electron chi connectivity index (χ0n) is 15.6. The van der Waals surface area contributed by atoms with Gasteiger partial charge in [-0.05, 0) is 77.0 Å². The maximum absolute atomic E-state index is 13.1. The van der Waals surface area contributed by atoms with E-state index in [0.717, 1.165) is 15.6 Å². The third-order valence-corrected chi connectivity index (χ3v) is 6.09. The molecule has 0 atom stereocenters. The van der Waals surface area contributed by atoms with Crippen LogP contribution in [0.5, 0.6) is 0 Å². The van der Waals surface area contributed by atoms with Crippen molar-refractivity contribution in [3.63, 3.8) is 0 Å². The molecule has 0 saturated carbocycles. The molecule has 1 saturated heterocycles. The number of para-hydroxylation sites is 1. The summed E-state index contributed by atoms with van der Waals surface area (Å²) in [6.07, 6.45) is 1.41. The fraction of sp³-hybridized carbons (Fsp3) is 0.0455.